The van der Waals surface area contributed by atoms with Crippen molar-refractivity contribution in [3.63, 3.8) is 0 Å². The van der Waals surface area contributed by atoms with Gasteiger partial charge in [-0.1, -0.05) is 13.3 Å². The monoisotopic (exact) mass is 207 g/mol. The number of hydrogen-bond acceptors (Lipinski definition) is 2. The minimum Gasteiger partial charge on any atom is -0.396 e. The van der Waals surface area contributed by atoms with Crippen molar-refractivity contribution in [3.05, 3.63) is 12.3 Å². The fraction of sp³-hybridized carbons (Fsp3) is 0.583. The first-order valence-electron chi connectivity index (χ1n) is 5.46. The highest BCUT2D eigenvalue weighted by molar-refractivity contribution is 5.69. The van der Waals surface area contributed by atoms with E-state index in [1.807, 2.05) is 18.5 Å². The third-order valence-electron chi connectivity index (χ3n) is 2.24. The maximum absolute atomic E-state index is 5.89. The summed E-state index contributed by atoms with van der Waals surface area (Å²) in [6, 6.07) is 1.91. The lowest BCUT2D eigenvalue weighted by atomic mass is 10.1. The lowest BCUT2D eigenvalue weighted by molar-refractivity contribution is 0.402. The number of nitrogen functional groups attached to an aromatic ring is 1. The molecule has 1 aromatic rings. The van der Waals surface area contributed by atoms with Crippen LogP contribution in [0.4, 0.5) is 11.5 Å². The maximum Gasteiger partial charge on any atom is 0.155 e. The number of hydrogen-bond donors (Lipinski definition) is 1. The molecule has 0 bridgehead atoms. The Hall–Kier alpha value is -1.25. The summed E-state index contributed by atoms with van der Waals surface area (Å²) in [5.74, 6) is 0.871. The van der Waals surface area contributed by atoms with Gasteiger partial charge < -0.3 is 10.3 Å². The zero-order valence-electron chi connectivity index (χ0n) is 10.1. The van der Waals surface area contributed by atoms with E-state index in [2.05, 4.69) is 37.3 Å². The van der Waals surface area contributed by atoms with Gasteiger partial charge in [0.2, 0.25) is 0 Å². The summed E-state index contributed by atoms with van der Waals surface area (Å²) in [6.45, 7) is 8.57. The molecule has 0 amide bonds. The minimum absolute atomic E-state index is 0.0243. The number of aromatic nitrogens is 1. The molecule has 0 radical (unpaired) electrons. The van der Waals surface area contributed by atoms with Gasteiger partial charge in [-0.3, -0.25) is 0 Å². The van der Waals surface area contributed by atoms with Gasteiger partial charge in [0.1, 0.15) is 0 Å². The molecule has 0 saturated heterocycles. The highest BCUT2D eigenvalue weighted by Gasteiger charge is 2.17. The molecular weight excluding hydrogens is 186 g/mol. The Kier molecular flexibility index (Phi) is 3.56. The Balaban J connectivity index is 3.00. The molecule has 3 heteroatoms. The van der Waals surface area contributed by atoms with Gasteiger partial charge in [0.05, 0.1) is 5.69 Å². The normalized spacial score (nSPS) is 12.5. The summed E-state index contributed by atoms with van der Waals surface area (Å²) >= 11 is 0. The van der Waals surface area contributed by atoms with Crippen LogP contribution in [0.25, 0.3) is 0 Å². The average molecular weight is 207 g/mol. The number of nitrogens with two attached hydrogens (primary N) is 1. The summed E-state index contributed by atoms with van der Waals surface area (Å²) in [5, 5.41) is 0. The van der Waals surface area contributed by atoms with Crippen molar-refractivity contribution in [2.75, 3.05) is 5.73 Å². The first-order chi connectivity index (χ1) is 6.96. The first kappa shape index (κ1) is 11.8. The van der Waals surface area contributed by atoms with Crippen LogP contribution in [0.15, 0.2) is 17.3 Å². The molecular formula is C12H21N3. The molecule has 0 unspecified atom stereocenters. The maximum atomic E-state index is 5.89. The molecule has 0 aliphatic carbocycles. The predicted octanol–water partition coefficient (Wildman–Crippen LogP) is 3.33. The van der Waals surface area contributed by atoms with Crippen LogP contribution < -0.4 is 5.73 Å². The SMILES string of the molecule is CCCC=Nc1c(N)ccn1C(C)(C)C. The van der Waals surface area contributed by atoms with Crippen molar-refractivity contribution in [1.82, 2.24) is 4.57 Å². The first-order valence-corrected chi connectivity index (χ1v) is 5.46. The number of nitrogens with zero attached hydrogens (tertiary/aromatic N) is 2. The Morgan fingerprint density at radius 3 is 2.67 bits per heavy atom. The number of unbranched alkanes of at least 4 members (excludes halogenated alkanes) is 1. The van der Waals surface area contributed by atoms with Gasteiger partial charge in [0.25, 0.3) is 0 Å². The Bertz CT molecular complexity index is 342. The van der Waals surface area contributed by atoms with Crippen LogP contribution in [0.5, 0.6) is 0 Å². The van der Waals surface area contributed by atoms with E-state index in [-0.39, 0.29) is 5.54 Å². The van der Waals surface area contributed by atoms with Crippen molar-refractivity contribution in [2.24, 2.45) is 4.99 Å². The van der Waals surface area contributed by atoms with Crippen LogP contribution in [0.3, 0.4) is 0 Å². The zero-order valence-corrected chi connectivity index (χ0v) is 10.1. The van der Waals surface area contributed by atoms with E-state index in [0.717, 1.165) is 24.3 Å². The van der Waals surface area contributed by atoms with Crippen LogP contribution in [-0.2, 0) is 5.54 Å². The topological polar surface area (TPSA) is 43.3 Å². The lowest BCUT2D eigenvalue weighted by Crippen LogP contribution is -2.20. The third kappa shape index (κ3) is 2.85. The summed E-state index contributed by atoms with van der Waals surface area (Å²) in [4.78, 5) is 4.43. The zero-order chi connectivity index (χ0) is 11.5. The molecule has 0 aliphatic heterocycles. The van der Waals surface area contributed by atoms with Crippen LogP contribution in [0, 0.1) is 0 Å². The molecule has 0 fully saturated rings. The van der Waals surface area contributed by atoms with Crippen molar-refractivity contribution >= 4 is 17.7 Å². The second-order valence-electron chi connectivity index (χ2n) is 4.74. The molecule has 0 atom stereocenters. The average Bonchev–Trinajstić information content (AvgIpc) is 2.48. The van der Waals surface area contributed by atoms with Crippen molar-refractivity contribution in [1.29, 1.82) is 0 Å². The number of rotatable bonds is 3. The molecule has 84 valence electrons. The molecule has 1 aromatic heterocycles. The van der Waals surface area contributed by atoms with E-state index in [1.165, 1.54) is 0 Å². The lowest BCUT2D eigenvalue weighted by Gasteiger charge is -2.22. The smallest absolute Gasteiger partial charge is 0.155 e. The van der Waals surface area contributed by atoms with Crippen LogP contribution >= 0.6 is 0 Å². The Labute approximate surface area is 92.0 Å². The van der Waals surface area contributed by atoms with Gasteiger partial charge in [-0.25, -0.2) is 4.99 Å². The molecule has 1 heterocycles. The molecule has 0 aromatic carbocycles. The highest BCUT2D eigenvalue weighted by Crippen LogP contribution is 2.29. The molecule has 0 aliphatic rings. The Morgan fingerprint density at radius 1 is 1.47 bits per heavy atom. The largest absolute Gasteiger partial charge is 0.396 e. The van der Waals surface area contributed by atoms with Gasteiger partial charge >= 0.3 is 0 Å². The molecule has 0 spiro atoms. The Morgan fingerprint density at radius 2 is 2.13 bits per heavy atom. The minimum atomic E-state index is 0.0243. The van der Waals surface area contributed by atoms with Crippen LogP contribution in [0.1, 0.15) is 40.5 Å². The molecule has 2 N–H and O–H groups in total. The van der Waals surface area contributed by atoms with Gasteiger partial charge in [0.15, 0.2) is 5.82 Å². The number of aliphatic imine (C=N–C) groups is 1. The van der Waals surface area contributed by atoms with Gasteiger partial charge in [-0.2, -0.15) is 0 Å². The van der Waals surface area contributed by atoms with E-state index >= 15 is 0 Å². The molecule has 3 nitrogen and oxygen atoms in total. The third-order valence-corrected chi connectivity index (χ3v) is 2.24. The van der Waals surface area contributed by atoms with E-state index < -0.39 is 0 Å². The van der Waals surface area contributed by atoms with E-state index in [4.69, 9.17) is 5.73 Å². The van der Waals surface area contributed by atoms with Crippen LogP contribution in [-0.4, -0.2) is 10.8 Å². The van der Waals surface area contributed by atoms with E-state index in [1.54, 1.807) is 0 Å². The van der Waals surface area contributed by atoms with Gasteiger partial charge in [-0.15, -0.1) is 0 Å². The fourth-order valence-electron chi connectivity index (χ4n) is 1.40. The summed E-state index contributed by atoms with van der Waals surface area (Å²) in [6.07, 6.45) is 6.04. The van der Waals surface area contributed by atoms with Crippen molar-refractivity contribution in [3.8, 4) is 0 Å². The van der Waals surface area contributed by atoms with Crippen molar-refractivity contribution < 1.29 is 0 Å². The van der Waals surface area contributed by atoms with E-state index in [0.29, 0.717) is 0 Å². The highest BCUT2D eigenvalue weighted by atomic mass is 15.1. The fourth-order valence-corrected chi connectivity index (χ4v) is 1.40. The quantitative estimate of drug-likeness (QED) is 0.759. The molecule has 15 heavy (non-hydrogen) atoms. The van der Waals surface area contributed by atoms with E-state index in [9.17, 15) is 0 Å². The summed E-state index contributed by atoms with van der Waals surface area (Å²) in [5.41, 5.74) is 6.66. The van der Waals surface area contributed by atoms with Crippen molar-refractivity contribution in [2.45, 2.75) is 46.1 Å². The standard InChI is InChI=1S/C12H21N3/c1-5-6-8-14-11-10(13)7-9-15(11)12(2,3)4/h7-9H,5-6,13H2,1-4H3. The molecule has 0 saturated carbocycles. The number of anilines is 1. The van der Waals surface area contributed by atoms with Gasteiger partial charge in [-0.05, 0) is 33.3 Å². The predicted molar refractivity (Wildman–Crippen MR) is 66.9 cm³/mol. The summed E-state index contributed by atoms with van der Waals surface area (Å²) < 4.78 is 2.11. The second-order valence-corrected chi connectivity index (χ2v) is 4.74. The summed E-state index contributed by atoms with van der Waals surface area (Å²) in [7, 11) is 0. The molecule has 1 rings (SSSR count). The van der Waals surface area contributed by atoms with Gasteiger partial charge in [0, 0.05) is 18.0 Å². The second kappa shape index (κ2) is 4.51. The van der Waals surface area contributed by atoms with Crippen LogP contribution in [0.2, 0.25) is 0 Å².